The van der Waals surface area contributed by atoms with Crippen molar-refractivity contribution in [3.05, 3.63) is 82.9 Å². The Kier molecular flexibility index (Phi) is 5.45. The number of rotatable bonds is 6. The number of carbonyl (C=O) groups excluding carboxylic acids is 2. The molecule has 3 aromatic rings. The van der Waals surface area contributed by atoms with Crippen molar-refractivity contribution in [2.24, 2.45) is 0 Å². The highest BCUT2D eigenvalue weighted by Gasteiger charge is 2.31. The third kappa shape index (κ3) is 4.07. The number of carbonyl (C=O) groups is 2. The number of benzene rings is 2. The van der Waals surface area contributed by atoms with Crippen LogP contribution in [0.4, 0.5) is 5.13 Å². The quantitative estimate of drug-likeness (QED) is 0.677. The Hall–Kier alpha value is -2.99. The van der Waals surface area contributed by atoms with Crippen LogP contribution in [-0.2, 0) is 21.5 Å². The lowest BCUT2D eigenvalue weighted by Crippen LogP contribution is -2.45. The molecule has 0 radical (unpaired) electrons. The highest BCUT2D eigenvalue weighted by Crippen LogP contribution is 2.30. The summed E-state index contributed by atoms with van der Waals surface area (Å²) in [5, 5.41) is 5.76. The third-order valence-corrected chi connectivity index (χ3v) is 6.19. The number of hydrogen-bond donors (Lipinski definition) is 1. The van der Waals surface area contributed by atoms with Crippen LogP contribution in [0.1, 0.15) is 36.6 Å². The van der Waals surface area contributed by atoms with E-state index in [1.807, 2.05) is 73.0 Å². The average molecular weight is 406 g/mol. The lowest BCUT2D eigenvalue weighted by atomic mass is 9.84. The maximum atomic E-state index is 12.9. The van der Waals surface area contributed by atoms with Gasteiger partial charge in [0.05, 0.1) is 17.7 Å². The normalized spacial score (nSPS) is 14.2. The molecular weight excluding hydrogens is 382 g/mol. The van der Waals surface area contributed by atoms with Crippen LogP contribution < -0.4 is 10.2 Å². The third-order valence-electron chi connectivity index (χ3n) is 5.28. The van der Waals surface area contributed by atoms with Crippen molar-refractivity contribution in [3.63, 3.8) is 0 Å². The van der Waals surface area contributed by atoms with Gasteiger partial charge in [-0.05, 0) is 24.5 Å². The standard InChI is InChI=1S/C23H23N3O2S/c1-23(17-9-4-2-5-10-17,18-11-6-3-7-12-18)25-20(27)15-19-16-29-22(24-19)26-14-8-13-21(26)28/h2-7,9-12,16H,8,13-15H2,1H3,(H,25,27). The summed E-state index contributed by atoms with van der Waals surface area (Å²) in [6.45, 7) is 2.73. The van der Waals surface area contributed by atoms with Gasteiger partial charge in [-0.3, -0.25) is 14.5 Å². The van der Waals surface area contributed by atoms with E-state index in [1.165, 1.54) is 11.3 Å². The molecule has 1 fully saturated rings. The summed E-state index contributed by atoms with van der Waals surface area (Å²) in [4.78, 5) is 31.1. The zero-order valence-corrected chi connectivity index (χ0v) is 17.1. The Morgan fingerprint density at radius 1 is 1.10 bits per heavy atom. The molecule has 2 heterocycles. The van der Waals surface area contributed by atoms with E-state index in [0.717, 1.165) is 17.5 Å². The Bertz CT molecular complexity index is 962. The number of aromatic nitrogens is 1. The second kappa shape index (κ2) is 8.17. The Labute approximate surface area is 174 Å². The van der Waals surface area contributed by atoms with Crippen molar-refractivity contribution in [2.45, 2.75) is 31.7 Å². The van der Waals surface area contributed by atoms with Crippen molar-refractivity contribution in [1.82, 2.24) is 10.3 Å². The molecule has 1 saturated heterocycles. The van der Waals surface area contributed by atoms with Crippen LogP contribution in [0.3, 0.4) is 0 Å². The SMILES string of the molecule is CC(NC(=O)Cc1csc(N2CCCC2=O)n1)(c1ccccc1)c1ccccc1. The Balaban J connectivity index is 1.53. The molecule has 1 N–H and O–H groups in total. The van der Waals surface area contributed by atoms with Crippen LogP contribution in [0.25, 0.3) is 0 Å². The zero-order chi connectivity index (χ0) is 20.3. The van der Waals surface area contributed by atoms with E-state index in [9.17, 15) is 9.59 Å². The van der Waals surface area contributed by atoms with Gasteiger partial charge in [-0.2, -0.15) is 0 Å². The topological polar surface area (TPSA) is 62.3 Å². The summed E-state index contributed by atoms with van der Waals surface area (Å²) < 4.78 is 0. The van der Waals surface area contributed by atoms with Crippen molar-refractivity contribution >= 4 is 28.3 Å². The molecule has 0 spiro atoms. The molecule has 4 rings (SSSR count). The molecule has 0 unspecified atom stereocenters. The van der Waals surface area contributed by atoms with Crippen LogP contribution in [-0.4, -0.2) is 23.3 Å². The predicted octanol–water partition coefficient (Wildman–Crippen LogP) is 3.89. The molecule has 0 bridgehead atoms. The lowest BCUT2D eigenvalue weighted by molar-refractivity contribution is -0.122. The van der Waals surface area contributed by atoms with Crippen molar-refractivity contribution in [1.29, 1.82) is 0 Å². The van der Waals surface area contributed by atoms with Crippen molar-refractivity contribution in [3.8, 4) is 0 Å². The van der Waals surface area contributed by atoms with E-state index in [2.05, 4.69) is 10.3 Å². The van der Waals surface area contributed by atoms with Gasteiger partial charge in [0.1, 0.15) is 0 Å². The van der Waals surface area contributed by atoms with Gasteiger partial charge in [-0.1, -0.05) is 60.7 Å². The van der Waals surface area contributed by atoms with Crippen LogP contribution in [0.15, 0.2) is 66.0 Å². The van der Waals surface area contributed by atoms with Gasteiger partial charge in [0.2, 0.25) is 11.8 Å². The summed E-state index contributed by atoms with van der Waals surface area (Å²) in [5.74, 6) is 0.000821. The molecule has 0 saturated carbocycles. The van der Waals surface area contributed by atoms with Gasteiger partial charge in [0.25, 0.3) is 0 Å². The first-order valence-electron chi connectivity index (χ1n) is 9.73. The molecule has 6 heteroatoms. The number of thiazole rings is 1. The highest BCUT2D eigenvalue weighted by molar-refractivity contribution is 7.14. The zero-order valence-electron chi connectivity index (χ0n) is 16.3. The molecular formula is C23H23N3O2S. The molecule has 148 valence electrons. The molecule has 1 aliphatic rings. The maximum Gasteiger partial charge on any atom is 0.228 e. The highest BCUT2D eigenvalue weighted by atomic mass is 32.1. The fraction of sp³-hybridized carbons (Fsp3) is 0.261. The molecule has 5 nitrogen and oxygen atoms in total. The maximum absolute atomic E-state index is 12.9. The van der Waals surface area contributed by atoms with Gasteiger partial charge in [0.15, 0.2) is 5.13 Å². The Morgan fingerprint density at radius 2 is 1.72 bits per heavy atom. The molecule has 1 aliphatic heterocycles. The lowest BCUT2D eigenvalue weighted by Gasteiger charge is -2.32. The van der Waals surface area contributed by atoms with E-state index in [0.29, 0.717) is 23.8 Å². The molecule has 0 aliphatic carbocycles. The predicted molar refractivity (Wildman–Crippen MR) is 115 cm³/mol. The number of anilines is 1. The minimum absolute atomic E-state index is 0.107. The first-order chi connectivity index (χ1) is 14.1. The molecule has 1 aromatic heterocycles. The van der Waals surface area contributed by atoms with Gasteiger partial charge in [-0.25, -0.2) is 4.98 Å². The van der Waals surface area contributed by atoms with Gasteiger partial charge in [-0.15, -0.1) is 11.3 Å². The average Bonchev–Trinajstić information content (AvgIpc) is 3.37. The van der Waals surface area contributed by atoms with Crippen molar-refractivity contribution < 1.29 is 9.59 Å². The van der Waals surface area contributed by atoms with E-state index in [-0.39, 0.29) is 18.2 Å². The van der Waals surface area contributed by atoms with E-state index < -0.39 is 5.54 Å². The monoisotopic (exact) mass is 405 g/mol. The summed E-state index contributed by atoms with van der Waals surface area (Å²) in [6.07, 6.45) is 1.61. The minimum Gasteiger partial charge on any atom is -0.342 e. The molecule has 2 amide bonds. The van der Waals surface area contributed by atoms with Crippen LogP contribution >= 0.6 is 11.3 Å². The second-order valence-electron chi connectivity index (χ2n) is 7.35. The Morgan fingerprint density at radius 3 is 2.28 bits per heavy atom. The smallest absolute Gasteiger partial charge is 0.228 e. The van der Waals surface area contributed by atoms with Crippen LogP contribution in [0.2, 0.25) is 0 Å². The van der Waals surface area contributed by atoms with Crippen LogP contribution in [0, 0.1) is 0 Å². The largest absolute Gasteiger partial charge is 0.342 e. The molecule has 2 aromatic carbocycles. The number of nitrogens with zero attached hydrogens (tertiary/aromatic N) is 2. The van der Waals surface area contributed by atoms with E-state index in [4.69, 9.17) is 0 Å². The van der Waals surface area contributed by atoms with Gasteiger partial charge >= 0.3 is 0 Å². The van der Waals surface area contributed by atoms with E-state index in [1.54, 1.807) is 4.90 Å². The second-order valence-corrected chi connectivity index (χ2v) is 8.19. The molecule has 29 heavy (non-hydrogen) atoms. The summed E-state index contributed by atoms with van der Waals surface area (Å²) in [6, 6.07) is 19.9. The fourth-order valence-corrected chi connectivity index (χ4v) is 4.56. The number of amides is 2. The fourth-order valence-electron chi connectivity index (χ4n) is 3.69. The minimum atomic E-state index is -0.649. The number of nitrogens with one attached hydrogen (secondary N) is 1. The number of hydrogen-bond acceptors (Lipinski definition) is 4. The van der Waals surface area contributed by atoms with Gasteiger partial charge < -0.3 is 5.32 Å². The van der Waals surface area contributed by atoms with E-state index >= 15 is 0 Å². The van der Waals surface area contributed by atoms with Gasteiger partial charge in [0, 0.05) is 18.3 Å². The first-order valence-corrected chi connectivity index (χ1v) is 10.6. The molecule has 0 atom stereocenters. The van der Waals surface area contributed by atoms with Crippen LogP contribution in [0.5, 0.6) is 0 Å². The van der Waals surface area contributed by atoms with Crippen molar-refractivity contribution in [2.75, 3.05) is 11.4 Å². The first kappa shape index (κ1) is 19.3. The summed E-state index contributed by atoms with van der Waals surface area (Å²) >= 11 is 1.42. The summed E-state index contributed by atoms with van der Waals surface area (Å²) in [5.41, 5.74) is 2.07. The summed E-state index contributed by atoms with van der Waals surface area (Å²) in [7, 11) is 0.